The molecular weight excluding hydrogens is 214 g/mol. The van der Waals surface area contributed by atoms with Crippen molar-refractivity contribution >= 4 is 12.1 Å². The minimum absolute atomic E-state index is 0.0200. The van der Waals surface area contributed by atoms with Crippen molar-refractivity contribution in [1.82, 2.24) is 4.90 Å². The van der Waals surface area contributed by atoms with Gasteiger partial charge in [0.05, 0.1) is 19.8 Å². The Morgan fingerprint density at radius 3 is 2.81 bits per heavy atom. The van der Waals surface area contributed by atoms with E-state index in [1.54, 1.807) is 0 Å². The Morgan fingerprint density at radius 1 is 1.56 bits per heavy atom. The third kappa shape index (κ3) is 3.37. The predicted molar refractivity (Wildman–Crippen MR) is 55.1 cm³/mol. The number of ether oxygens (including phenoxy) is 2. The first kappa shape index (κ1) is 12.8. The van der Waals surface area contributed by atoms with Crippen LogP contribution in [0.2, 0.25) is 0 Å². The largest absolute Gasteiger partial charge is 0.480 e. The fraction of sp³-hybridized carbons (Fsp3) is 0.800. The summed E-state index contributed by atoms with van der Waals surface area (Å²) in [4.78, 5) is 23.7. The second-order valence-electron chi connectivity index (χ2n) is 4.09. The van der Waals surface area contributed by atoms with E-state index >= 15 is 0 Å². The molecule has 0 bridgehead atoms. The fourth-order valence-electron chi connectivity index (χ4n) is 1.35. The molecule has 16 heavy (non-hydrogen) atoms. The molecule has 1 N–H and O–H groups in total. The number of carboxylic acids is 1. The number of morpholine rings is 1. The van der Waals surface area contributed by atoms with Gasteiger partial charge in [0.1, 0.15) is 0 Å². The van der Waals surface area contributed by atoms with Crippen molar-refractivity contribution in [2.24, 2.45) is 5.92 Å². The van der Waals surface area contributed by atoms with Gasteiger partial charge in [-0.1, -0.05) is 13.8 Å². The number of rotatable bonds is 3. The molecule has 1 rings (SSSR count). The van der Waals surface area contributed by atoms with Crippen molar-refractivity contribution in [3.05, 3.63) is 0 Å². The van der Waals surface area contributed by atoms with E-state index in [4.69, 9.17) is 14.6 Å². The van der Waals surface area contributed by atoms with Gasteiger partial charge in [-0.05, 0) is 5.92 Å². The van der Waals surface area contributed by atoms with Gasteiger partial charge in [0, 0.05) is 6.54 Å². The van der Waals surface area contributed by atoms with Crippen LogP contribution in [0.5, 0.6) is 0 Å². The predicted octanol–water partition coefficient (Wildman–Crippen LogP) is 0.564. The molecule has 0 aliphatic carbocycles. The van der Waals surface area contributed by atoms with Crippen molar-refractivity contribution in [2.45, 2.75) is 19.9 Å². The summed E-state index contributed by atoms with van der Waals surface area (Å²) in [6, 6.07) is -0.937. The normalized spacial score (nSPS) is 20.9. The molecule has 0 spiro atoms. The molecule has 0 aromatic rings. The van der Waals surface area contributed by atoms with E-state index in [0.29, 0.717) is 13.2 Å². The second kappa shape index (κ2) is 5.69. The van der Waals surface area contributed by atoms with Gasteiger partial charge in [0.2, 0.25) is 0 Å². The molecule has 92 valence electrons. The minimum atomic E-state index is -1.07. The summed E-state index contributed by atoms with van der Waals surface area (Å²) in [7, 11) is 0. The summed E-state index contributed by atoms with van der Waals surface area (Å²) >= 11 is 0. The lowest BCUT2D eigenvalue weighted by Gasteiger charge is -2.32. The zero-order valence-corrected chi connectivity index (χ0v) is 9.51. The molecule has 1 atom stereocenters. The van der Waals surface area contributed by atoms with Crippen molar-refractivity contribution in [2.75, 3.05) is 26.4 Å². The molecule has 1 heterocycles. The molecule has 1 aliphatic heterocycles. The monoisotopic (exact) mass is 231 g/mol. The molecule has 0 radical (unpaired) electrons. The fourth-order valence-corrected chi connectivity index (χ4v) is 1.35. The van der Waals surface area contributed by atoms with Gasteiger partial charge in [-0.15, -0.1) is 0 Å². The van der Waals surface area contributed by atoms with Crippen molar-refractivity contribution in [3.63, 3.8) is 0 Å². The Bertz CT molecular complexity index is 266. The summed E-state index contributed by atoms with van der Waals surface area (Å²) < 4.78 is 10.0. The Morgan fingerprint density at radius 2 is 2.25 bits per heavy atom. The highest BCUT2D eigenvalue weighted by atomic mass is 16.6. The molecule has 1 unspecified atom stereocenters. The van der Waals surface area contributed by atoms with E-state index in [2.05, 4.69) is 0 Å². The average Bonchev–Trinajstić information content (AvgIpc) is 2.25. The van der Waals surface area contributed by atoms with Gasteiger partial charge in [0.15, 0.2) is 6.04 Å². The van der Waals surface area contributed by atoms with Crippen LogP contribution in [0.1, 0.15) is 13.8 Å². The van der Waals surface area contributed by atoms with Crippen molar-refractivity contribution in [1.29, 1.82) is 0 Å². The number of carbonyl (C=O) groups excluding carboxylic acids is 1. The first-order valence-electron chi connectivity index (χ1n) is 5.26. The summed E-state index contributed by atoms with van der Waals surface area (Å²) in [5.41, 5.74) is 0. The van der Waals surface area contributed by atoms with Gasteiger partial charge in [-0.3, -0.25) is 4.90 Å². The van der Waals surface area contributed by atoms with Crippen LogP contribution in [0, 0.1) is 5.92 Å². The maximum atomic E-state index is 11.6. The van der Waals surface area contributed by atoms with Crippen LogP contribution >= 0.6 is 0 Å². The SMILES string of the molecule is CC(C)COC(=O)N1CCOCC1C(=O)O. The first-order valence-corrected chi connectivity index (χ1v) is 5.26. The van der Waals surface area contributed by atoms with E-state index in [0.717, 1.165) is 0 Å². The van der Waals surface area contributed by atoms with Gasteiger partial charge in [0.25, 0.3) is 0 Å². The molecule has 0 aromatic carbocycles. The Hall–Kier alpha value is -1.30. The summed E-state index contributed by atoms with van der Waals surface area (Å²) in [5, 5.41) is 8.91. The quantitative estimate of drug-likeness (QED) is 0.768. The van der Waals surface area contributed by atoms with Gasteiger partial charge in [-0.25, -0.2) is 9.59 Å². The maximum absolute atomic E-state index is 11.6. The average molecular weight is 231 g/mol. The molecule has 1 fully saturated rings. The van der Waals surface area contributed by atoms with E-state index in [9.17, 15) is 9.59 Å². The Balaban J connectivity index is 2.54. The van der Waals surface area contributed by atoms with Crippen LogP contribution in [0.25, 0.3) is 0 Å². The Labute approximate surface area is 94.1 Å². The lowest BCUT2D eigenvalue weighted by Crippen LogP contribution is -2.52. The summed E-state index contributed by atoms with van der Waals surface area (Å²) in [5.74, 6) is -0.838. The van der Waals surface area contributed by atoms with E-state index in [1.807, 2.05) is 13.8 Å². The number of hydrogen-bond donors (Lipinski definition) is 1. The highest BCUT2D eigenvalue weighted by molar-refractivity contribution is 5.80. The highest BCUT2D eigenvalue weighted by Gasteiger charge is 2.33. The molecule has 6 nitrogen and oxygen atoms in total. The zero-order chi connectivity index (χ0) is 12.1. The summed E-state index contributed by atoms with van der Waals surface area (Å²) in [6.45, 7) is 4.76. The van der Waals surface area contributed by atoms with Crippen molar-refractivity contribution in [3.8, 4) is 0 Å². The number of hydrogen-bond acceptors (Lipinski definition) is 4. The standard InChI is InChI=1S/C10H17NO5/c1-7(2)5-16-10(14)11-3-4-15-6-8(11)9(12)13/h7-8H,3-6H2,1-2H3,(H,12,13). The number of carboxylic acid groups (broad SMARTS) is 1. The van der Waals surface area contributed by atoms with Crippen LogP contribution in [-0.2, 0) is 14.3 Å². The Kier molecular flexibility index (Phi) is 4.54. The lowest BCUT2D eigenvalue weighted by molar-refractivity contribution is -0.148. The molecule has 1 amide bonds. The molecule has 6 heteroatoms. The summed E-state index contributed by atoms with van der Waals surface area (Å²) in [6.07, 6.45) is -0.579. The number of nitrogens with zero attached hydrogens (tertiary/aromatic N) is 1. The second-order valence-corrected chi connectivity index (χ2v) is 4.09. The van der Waals surface area contributed by atoms with Crippen molar-refractivity contribution < 1.29 is 24.2 Å². The van der Waals surface area contributed by atoms with E-state index < -0.39 is 18.1 Å². The smallest absolute Gasteiger partial charge is 0.410 e. The molecular formula is C10H17NO5. The van der Waals surface area contributed by atoms with Crippen LogP contribution in [-0.4, -0.2) is 54.5 Å². The van der Waals surface area contributed by atoms with Gasteiger partial charge in [-0.2, -0.15) is 0 Å². The molecule has 0 aromatic heterocycles. The van der Waals surface area contributed by atoms with Crippen LogP contribution in [0.4, 0.5) is 4.79 Å². The van der Waals surface area contributed by atoms with Crippen LogP contribution < -0.4 is 0 Å². The number of amides is 1. The zero-order valence-electron chi connectivity index (χ0n) is 9.51. The maximum Gasteiger partial charge on any atom is 0.410 e. The van der Waals surface area contributed by atoms with Crippen LogP contribution in [0.15, 0.2) is 0 Å². The third-order valence-electron chi connectivity index (χ3n) is 2.19. The lowest BCUT2D eigenvalue weighted by atomic mass is 10.2. The molecule has 1 aliphatic rings. The topological polar surface area (TPSA) is 76.1 Å². The van der Waals surface area contributed by atoms with E-state index in [1.165, 1.54) is 4.90 Å². The molecule has 0 saturated carbocycles. The van der Waals surface area contributed by atoms with Crippen LogP contribution in [0.3, 0.4) is 0 Å². The van der Waals surface area contributed by atoms with E-state index in [-0.39, 0.29) is 19.1 Å². The third-order valence-corrected chi connectivity index (χ3v) is 2.19. The first-order chi connectivity index (χ1) is 7.52. The minimum Gasteiger partial charge on any atom is -0.480 e. The number of carbonyl (C=O) groups is 2. The highest BCUT2D eigenvalue weighted by Crippen LogP contribution is 2.09. The van der Waals surface area contributed by atoms with Gasteiger partial charge >= 0.3 is 12.1 Å². The number of aliphatic carboxylic acids is 1. The van der Waals surface area contributed by atoms with Gasteiger partial charge < -0.3 is 14.6 Å². The molecule has 1 saturated heterocycles.